The molecule has 0 bridgehead atoms. The summed E-state index contributed by atoms with van der Waals surface area (Å²) in [6, 6.07) is 30.9. The topological polar surface area (TPSA) is 35.9 Å². The van der Waals surface area contributed by atoms with Crippen molar-refractivity contribution in [3.63, 3.8) is 0 Å². The summed E-state index contributed by atoms with van der Waals surface area (Å²) >= 11 is 0. The first-order valence-corrected chi connectivity index (χ1v) is 11.8. The zero-order valence-corrected chi connectivity index (χ0v) is 19.2. The summed E-state index contributed by atoms with van der Waals surface area (Å²) in [5, 5.41) is 10.7. The van der Waals surface area contributed by atoms with Gasteiger partial charge in [0.15, 0.2) is 0 Å². The molecular formula is C29H34N2O2. The third-order valence-corrected chi connectivity index (χ3v) is 6.07. The van der Waals surface area contributed by atoms with E-state index in [-0.39, 0.29) is 6.10 Å². The Labute approximate surface area is 197 Å². The molecule has 172 valence electrons. The van der Waals surface area contributed by atoms with E-state index in [1.165, 1.54) is 5.56 Å². The zero-order valence-electron chi connectivity index (χ0n) is 19.2. The summed E-state index contributed by atoms with van der Waals surface area (Å²) in [5.74, 6) is 0. The molecule has 4 nitrogen and oxygen atoms in total. The van der Waals surface area contributed by atoms with E-state index < -0.39 is 6.10 Å². The van der Waals surface area contributed by atoms with E-state index in [1.54, 1.807) is 0 Å². The van der Waals surface area contributed by atoms with Gasteiger partial charge in [0.25, 0.3) is 0 Å². The van der Waals surface area contributed by atoms with Crippen molar-refractivity contribution in [2.75, 3.05) is 45.9 Å². The van der Waals surface area contributed by atoms with E-state index in [1.807, 2.05) is 42.5 Å². The molecule has 1 heterocycles. The number of hydrogen-bond donors (Lipinski definition) is 1. The first-order chi connectivity index (χ1) is 16.3. The summed E-state index contributed by atoms with van der Waals surface area (Å²) in [4.78, 5) is 4.80. The van der Waals surface area contributed by atoms with Gasteiger partial charge in [-0.1, -0.05) is 103 Å². The number of piperazine rings is 1. The maximum Gasteiger partial charge on any atom is 0.108 e. The van der Waals surface area contributed by atoms with Gasteiger partial charge in [-0.25, -0.2) is 0 Å². The Kier molecular flexibility index (Phi) is 8.84. The lowest BCUT2D eigenvalue weighted by molar-refractivity contribution is -0.0139. The Balaban J connectivity index is 1.22. The summed E-state index contributed by atoms with van der Waals surface area (Å²) in [6.07, 6.45) is 3.74. The molecule has 1 fully saturated rings. The van der Waals surface area contributed by atoms with Gasteiger partial charge in [0.1, 0.15) is 6.10 Å². The Morgan fingerprint density at radius 1 is 0.727 bits per heavy atom. The van der Waals surface area contributed by atoms with Crippen LogP contribution in [0.25, 0.3) is 6.08 Å². The highest BCUT2D eigenvalue weighted by Gasteiger charge is 2.21. The Morgan fingerprint density at radius 3 is 1.82 bits per heavy atom. The van der Waals surface area contributed by atoms with Gasteiger partial charge in [-0.15, -0.1) is 0 Å². The summed E-state index contributed by atoms with van der Waals surface area (Å²) in [7, 11) is 0. The Morgan fingerprint density at radius 2 is 1.24 bits per heavy atom. The molecule has 4 rings (SSSR count). The molecule has 1 saturated heterocycles. The lowest BCUT2D eigenvalue weighted by Crippen LogP contribution is -2.49. The first-order valence-electron chi connectivity index (χ1n) is 11.8. The van der Waals surface area contributed by atoms with Gasteiger partial charge < -0.3 is 9.84 Å². The van der Waals surface area contributed by atoms with Crippen molar-refractivity contribution in [3.05, 3.63) is 114 Å². The molecule has 3 aromatic rings. The van der Waals surface area contributed by atoms with Crippen LogP contribution in [0.5, 0.6) is 0 Å². The minimum absolute atomic E-state index is 0.171. The highest BCUT2D eigenvalue weighted by molar-refractivity contribution is 5.48. The van der Waals surface area contributed by atoms with Crippen LogP contribution in [0.4, 0.5) is 0 Å². The van der Waals surface area contributed by atoms with Crippen molar-refractivity contribution in [2.24, 2.45) is 0 Å². The predicted octanol–water partition coefficient (Wildman–Crippen LogP) is 4.48. The molecule has 3 aromatic carbocycles. The molecular weight excluding hydrogens is 408 g/mol. The number of hydrogen-bond acceptors (Lipinski definition) is 4. The molecule has 0 aromatic heterocycles. The molecule has 1 atom stereocenters. The lowest BCUT2D eigenvalue weighted by atomic mass is 10.0. The molecule has 0 radical (unpaired) electrons. The molecule has 1 N–H and O–H groups in total. The summed E-state index contributed by atoms with van der Waals surface area (Å²) in [6.45, 7) is 5.89. The Hall–Kier alpha value is -2.76. The van der Waals surface area contributed by atoms with Crippen molar-refractivity contribution < 1.29 is 9.84 Å². The van der Waals surface area contributed by atoms with Crippen molar-refractivity contribution in [1.29, 1.82) is 0 Å². The van der Waals surface area contributed by atoms with Crippen LogP contribution >= 0.6 is 0 Å². The molecule has 0 aliphatic carbocycles. The Bertz CT molecular complexity index is 915. The second-order valence-corrected chi connectivity index (χ2v) is 8.60. The number of aliphatic hydroxyl groups is 1. The predicted molar refractivity (Wildman–Crippen MR) is 135 cm³/mol. The quantitative estimate of drug-likeness (QED) is 0.502. The largest absolute Gasteiger partial charge is 0.389 e. The smallest absolute Gasteiger partial charge is 0.108 e. The first kappa shape index (κ1) is 23.4. The van der Waals surface area contributed by atoms with Crippen LogP contribution in [-0.2, 0) is 4.74 Å². The maximum atomic E-state index is 10.7. The van der Waals surface area contributed by atoms with Crippen LogP contribution in [0.3, 0.4) is 0 Å². The lowest BCUT2D eigenvalue weighted by Gasteiger charge is -2.35. The van der Waals surface area contributed by atoms with Crippen molar-refractivity contribution in [1.82, 2.24) is 9.80 Å². The van der Waals surface area contributed by atoms with Crippen molar-refractivity contribution in [2.45, 2.75) is 12.2 Å². The molecule has 1 unspecified atom stereocenters. The van der Waals surface area contributed by atoms with Crippen LogP contribution in [0, 0.1) is 0 Å². The van der Waals surface area contributed by atoms with Crippen LogP contribution in [0.15, 0.2) is 97.1 Å². The van der Waals surface area contributed by atoms with Gasteiger partial charge in [0.05, 0.1) is 12.7 Å². The van der Waals surface area contributed by atoms with E-state index in [9.17, 15) is 5.11 Å². The van der Waals surface area contributed by atoms with Crippen LogP contribution in [-0.4, -0.2) is 66.9 Å². The molecule has 33 heavy (non-hydrogen) atoms. The maximum absolute atomic E-state index is 10.7. The fourth-order valence-corrected chi connectivity index (χ4v) is 4.26. The zero-order chi connectivity index (χ0) is 22.7. The van der Waals surface area contributed by atoms with Gasteiger partial charge in [-0.3, -0.25) is 9.80 Å². The van der Waals surface area contributed by atoms with E-state index in [0.29, 0.717) is 13.2 Å². The number of β-amino-alcohol motifs (C(OH)–C–C–N with tert-alkyl or cyclic N) is 1. The van der Waals surface area contributed by atoms with Crippen LogP contribution in [0.1, 0.15) is 22.8 Å². The van der Waals surface area contributed by atoms with E-state index in [0.717, 1.165) is 43.9 Å². The molecule has 0 spiro atoms. The number of aliphatic hydroxyl groups excluding tert-OH is 1. The van der Waals surface area contributed by atoms with E-state index in [4.69, 9.17) is 4.74 Å². The third-order valence-electron chi connectivity index (χ3n) is 6.07. The average Bonchev–Trinajstić information content (AvgIpc) is 2.87. The second kappa shape index (κ2) is 12.5. The van der Waals surface area contributed by atoms with Gasteiger partial charge >= 0.3 is 0 Å². The van der Waals surface area contributed by atoms with Gasteiger partial charge in [-0.05, 0) is 16.7 Å². The number of rotatable bonds is 10. The normalized spacial score (nSPS) is 16.4. The summed E-state index contributed by atoms with van der Waals surface area (Å²) < 4.78 is 6.24. The fourth-order valence-electron chi connectivity index (χ4n) is 4.26. The SMILES string of the molecule is OC(COC(c1ccccc1)c1ccccc1)CN1CCN(CC=Cc2ccccc2)CC1. The van der Waals surface area contributed by atoms with Gasteiger partial charge in [0.2, 0.25) is 0 Å². The number of nitrogens with zero attached hydrogens (tertiary/aromatic N) is 2. The molecule has 0 amide bonds. The highest BCUT2D eigenvalue weighted by Crippen LogP contribution is 2.26. The number of benzene rings is 3. The highest BCUT2D eigenvalue weighted by atomic mass is 16.5. The molecule has 1 aliphatic heterocycles. The second-order valence-electron chi connectivity index (χ2n) is 8.60. The van der Waals surface area contributed by atoms with Gasteiger partial charge in [0, 0.05) is 39.3 Å². The molecule has 4 heteroatoms. The minimum atomic E-state index is -0.510. The number of ether oxygens (including phenoxy) is 1. The summed E-state index contributed by atoms with van der Waals surface area (Å²) in [5.41, 5.74) is 3.45. The van der Waals surface area contributed by atoms with Crippen LogP contribution < -0.4 is 0 Å². The minimum Gasteiger partial charge on any atom is -0.389 e. The van der Waals surface area contributed by atoms with E-state index >= 15 is 0 Å². The fraction of sp³-hybridized carbons (Fsp3) is 0.310. The molecule has 0 saturated carbocycles. The van der Waals surface area contributed by atoms with E-state index in [2.05, 4.69) is 70.5 Å². The molecule has 1 aliphatic rings. The average molecular weight is 443 g/mol. The standard InChI is InChI=1S/C29H34N2O2/c32-28(24-33-29(26-14-6-2-7-15-26)27-16-8-3-9-17-27)23-31-21-19-30(20-22-31)18-10-13-25-11-4-1-5-12-25/h1-17,28-29,32H,18-24H2. The van der Waals surface area contributed by atoms with Crippen LogP contribution in [0.2, 0.25) is 0 Å². The third kappa shape index (κ3) is 7.37. The van der Waals surface area contributed by atoms with Crippen molar-refractivity contribution in [3.8, 4) is 0 Å². The van der Waals surface area contributed by atoms with Gasteiger partial charge in [-0.2, -0.15) is 0 Å². The van der Waals surface area contributed by atoms with Crippen molar-refractivity contribution >= 4 is 6.08 Å². The monoisotopic (exact) mass is 442 g/mol.